The molecule has 1 atom stereocenters. The number of amidine groups is 1. The summed E-state index contributed by atoms with van der Waals surface area (Å²) in [6, 6.07) is 15.5. The molecule has 1 heterocycles. The van der Waals surface area contributed by atoms with E-state index in [0.29, 0.717) is 12.1 Å². The second-order valence-electron chi connectivity index (χ2n) is 5.69. The number of carbonyl (C=O) groups excluding carboxylic acids is 1. The lowest BCUT2D eigenvalue weighted by atomic mass is 10.2. The molecule has 25 heavy (non-hydrogen) atoms. The van der Waals surface area contributed by atoms with Crippen molar-refractivity contribution in [2.75, 3.05) is 4.90 Å². The molecule has 3 rings (SSSR count). The minimum Gasteiger partial charge on any atom is -0.273 e. The molecule has 2 aromatic rings. The van der Waals surface area contributed by atoms with Gasteiger partial charge in [0, 0.05) is 0 Å². The van der Waals surface area contributed by atoms with Crippen LogP contribution in [-0.4, -0.2) is 24.7 Å². The fraction of sp³-hybridized carbons (Fsp3) is 0.222. The molecule has 1 aliphatic rings. The molecule has 0 saturated carbocycles. The van der Waals surface area contributed by atoms with Crippen LogP contribution in [0.1, 0.15) is 18.9 Å². The fourth-order valence-electron chi connectivity index (χ4n) is 2.47. The van der Waals surface area contributed by atoms with Crippen molar-refractivity contribution in [3.05, 3.63) is 60.2 Å². The third-order valence-corrected chi connectivity index (χ3v) is 6.54. The van der Waals surface area contributed by atoms with Crippen molar-refractivity contribution in [3.8, 4) is 0 Å². The van der Waals surface area contributed by atoms with Crippen molar-refractivity contribution in [3.63, 3.8) is 0 Å². The van der Waals surface area contributed by atoms with Crippen LogP contribution < -0.4 is 4.90 Å². The summed E-state index contributed by atoms with van der Waals surface area (Å²) in [4.78, 5) is 14.2. The average molecular weight is 374 g/mol. The number of rotatable bonds is 4. The summed E-state index contributed by atoms with van der Waals surface area (Å²) in [7, 11) is -3.88. The van der Waals surface area contributed by atoms with Gasteiger partial charge in [0.05, 0.1) is 15.8 Å². The number of amides is 1. The number of benzene rings is 2. The van der Waals surface area contributed by atoms with Gasteiger partial charge in [0.1, 0.15) is 0 Å². The van der Waals surface area contributed by atoms with Gasteiger partial charge < -0.3 is 0 Å². The lowest BCUT2D eigenvalue weighted by Gasteiger charge is -2.16. The van der Waals surface area contributed by atoms with Gasteiger partial charge >= 0.3 is 0 Å². The maximum absolute atomic E-state index is 12.6. The van der Waals surface area contributed by atoms with Crippen molar-refractivity contribution in [2.45, 2.75) is 30.4 Å². The second-order valence-corrected chi connectivity index (χ2v) is 8.46. The second kappa shape index (κ2) is 7.01. The predicted octanol–water partition coefficient (Wildman–Crippen LogP) is 3.60. The number of hydrogen-bond acceptors (Lipinski definition) is 4. The van der Waals surface area contributed by atoms with E-state index in [4.69, 9.17) is 0 Å². The first-order valence-electron chi connectivity index (χ1n) is 7.89. The van der Waals surface area contributed by atoms with E-state index < -0.39 is 10.0 Å². The molecular formula is C18H18N2O3S2. The number of sulfonamides is 1. The van der Waals surface area contributed by atoms with Crippen LogP contribution in [0.5, 0.6) is 0 Å². The first kappa shape index (κ1) is 17.7. The molecule has 0 bridgehead atoms. The maximum atomic E-state index is 12.6. The Kier molecular flexibility index (Phi) is 4.96. The van der Waals surface area contributed by atoms with Crippen LogP contribution in [-0.2, 0) is 14.8 Å². The van der Waals surface area contributed by atoms with Crippen molar-refractivity contribution in [1.82, 2.24) is 0 Å². The Hall–Kier alpha value is -2.12. The summed E-state index contributed by atoms with van der Waals surface area (Å²) >= 11 is 1.19. The first-order valence-corrected chi connectivity index (χ1v) is 10.2. The van der Waals surface area contributed by atoms with Gasteiger partial charge in [0.2, 0.25) is 5.91 Å². The highest BCUT2D eigenvalue weighted by Gasteiger charge is 2.39. The number of aryl methyl sites for hydroxylation is 1. The van der Waals surface area contributed by atoms with Gasteiger partial charge in [0.15, 0.2) is 5.17 Å². The van der Waals surface area contributed by atoms with Gasteiger partial charge in [-0.05, 0) is 37.6 Å². The minimum absolute atomic E-state index is 0.117. The number of nitrogens with zero attached hydrogens (tertiary/aromatic N) is 2. The molecule has 0 radical (unpaired) electrons. The van der Waals surface area contributed by atoms with E-state index in [0.717, 1.165) is 5.56 Å². The van der Waals surface area contributed by atoms with Crippen molar-refractivity contribution < 1.29 is 13.2 Å². The molecule has 0 N–H and O–H groups in total. The normalized spacial score (nSPS) is 19.6. The van der Waals surface area contributed by atoms with E-state index in [-0.39, 0.29) is 21.2 Å². The quantitative estimate of drug-likeness (QED) is 0.820. The van der Waals surface area contributed by atoms with Crippen molar-refractivity contribution in [2.24, 2.45) is 4.40 Å². The molecule has 1 saturated heterocycles. The van der Waals surface area contributed by atoms with Gasteiger partial charge in [-0.3, -0.25) is 9.69 Å². The van der Waals surface area contributed by atoms with Crippen molar-refractivity contribution in [1.29, 1.82) is 0 Å². The topological polar surface area (TPSA) is 66.8 Å². The molecule has 0 unspecified atom stereocenters. The number of para-hydroxylation sites is 1. The molecular weight excluding hydrogens is 356 g/mol. The molecule has 1 aliphatic heterocycles. The Morgan fingerprint density at radius 1 is 1.08 bits per heavy atom. The Morgan fingerprint density at radius 3 is 2.32 bits per heavy atom. The SMILES string of the molecule is CC[C@@H]1SC(=NS(=O)(=O)c2ccc(C)cc2)N(c2ccccc2)C1=O. The van der Waals surface area contributed by atoms with E-state index in [9.17, 15) is 13.2 Å². The Labute approximate surface area is 151 Å². The zero-order chi connectivity index (χ0) is 18.0. The number of hydrogen-bond donors (Lipinski definition) is 0. The Bertz CT molecular complexity index is 907. The average Bonchev–Trinajstić information content (AvgIpc) is 2.90. The highest BCUT2D eigenvalue weighted by Crippen LogP contribution is 2.34. The van der Waals surface area contributed by atoms with Gasteiger partial charge in [-0.15, -0.1) is 4.40 Å². The maximum Gasteiger partial charge on any atom is 0.284 e. The molecule has 0 spiro atoms. The largest absolute Gasteiger partial charge is 0.284 e. The monoisotopic (exact) mass is 374 g/mol. The van der Waals surface area contributed by atoms with Crippen LogP contribution in [0.4, 0.5) is 5.69 Å². The summed E-state index contributed by atoms with van der Waals surface area (Å²) < 4.78 is 29.2. The van der Waals surface area contributed by atoms with Crippen LogP contribution in [0.25, 0.3) is 0 Å². The predicted molar refractivity (Wildman–Crippen MR) is 101 cm³/mol. The Balaban J connectivity index is 2.04. The molecule has 5 nitrogen and oxygen atoms in total. The number of carbonyl (C=O) groups is 1. The third-order valence-electron chi connectivity index (χ3n) is 3.84. The molecule has 1 fully saturated rings. The molecule has 0 aliphatic carbocycles. The van der Waals surface area contributed by atoms with E-state index >= 15 is 0 Å². The van der Waals surface area contributed by atoms with Crippen LogP contribution in [0.3, 0.4) is 0 Å². The molecule has 2 aromatic carbocycles. The van der Waals surface area contributed by atoms with Crippen LogP contribution in [0, 0.1) is 6.92 Å². The van der Waals surface area contributed by atoms with Crippen LogP contribution >= 0.6 is 11.8 Å². The van der Waals surface area contributed by atoms with E-state index in [1.807, 2.05) is 19.9 Å². The molecule has 7 heteroatoms. The summed E-state index contributed by atoms with van der Waals surface area (Å²) in [5, 5.41) is -0.129. The van der Waals surface area contributed by atoms with Crippen molar-refractivity contribution >= 4 is 38.5 Å². The fourth-order valence-corrected chi connectivity index (χ4v) is 4.74. The minimum atomic E-state index is -3.88. The third kappa shape index (κ3) is 3.62. The van der Waals surface area contributed by atoms with Gasteiger partial charge in [0.25, 0.3) is 10.0 Å². The molecule has 0 aromatic heterocycles. The van der Waals surface area contributed by atoms with Crippen LogP contribution in [0.2, 0.25) is 0 Å². The number of anilines is 1. The summed E-state index contributed by atoms with van der Waals surface area (Å²) in [6.45, 7) is 3.78. The van der Waals surface area contributed by atoms with Gasteiger partial charge in [-0.2, -0.15) is 8.42 Å². The lowest BCUT2D eigenvalue weighted by molar-refractivity contribution is -0.116. The highest BCUT2D eigenvalue weighted by atomic mass is 32.2. The molecule has 130 valence electrons. The van der Waals surface area contributed by atoms with E-state index in [1.54, 1.807) is 36.4 Å². The standard InChI is InChI=1S/C18H18N2O3S2/c1-3-16-17(21)20(14-7-5-4-6-8-14)18(24-16)19-25(22,23)15-11-9-13(2)10-12-15/h4-12,16H,3H2,1-2H3/t16-/m0/s1. The smallest absolute Gasteiger partial charge is 0.273 e. The van der Waals surface area contributed by atoms with E-state index in [1.165, 1.54) is 28.8 Å². The lowest BCUT2D eigenvalue weighted by Crippen LogP contribution is -2.32. The first-order chi connectivity index (χ1) is 11.9. The van der Waals surface area contributed by atoms with Gasteiger partial charge in [-0.1, -0.05) is 54.6 Å². The Morgan fingerprint density at radius 2 is 1.72 bits per heavy atom. The highest BCUT2D eigenvalue weighted by molar-refractivity contribution is 8.16. The zero-order valence-electron chi connectivity index (χ0n) is 13.9. The molecule has 1 amide bonds. The van der Waals surface area contributed by atoms with Crippen LogP contribution in [0.15, 0.2) is 63.9 Å². The summed E-state index contributed by atoms with van der Waals surface area (Å²) in [5.41, 5.74) is 1.59. The summed E-state index contributed by atoms with van der Waals surface area (Å²) in [6.07, 6.45) is 0.608. The van der Waals surface area contributed by atoms with Gasteiger partial charge in [-0.25, -0.2) is 0 Å². The van der Waals surface area contributed by atoms with E-state index in [2.05, 4.69) is 4.40 Å². The zero-order valence-corrected chi connectivity index (χ0v) is 15.5. The summed E-state index contributed by atoms with van der Waals surface area (Å²) in [5.74, 6) is -0.142. The number of thioether (sulfide) groups is 1.